The second kappa shape index (κ2) is 9.99. The van der Waals surface area contributed by atoms with Gasteiger partial charge in [0.15, 0.2) is 0 Å². The largest absolute Gasteiger partial charge is 0.316 e. The smallest absolute Gasteiger partial charge is 0.0205 e. The summed E-state index contributed by atoms with van der Waals surface area (Å²) in [4.78, 5) is 0. The molecule has 142 valence electrons. The third kappa shape index (κ3) is 6.96. The van der Waals surface area contributed by atoms with E-state index in [4.69, 9.17) is 0 Å². The Balaban J connectivity index is 1.76. The summed E-state index contributed by atoms with van der Waals surface area (Å²) < 4.78 is 0. The maximum absolute atomic E-state index is 3.70. The van der Waals surface area contributed by atoms with Gasteiger partial charge in [0.2, 0.25) is 0 Å². The minimum atomic E-state index is 0.476. The molecule has 0 aromatic heterocycles. The van der Waals surface area contributed by atoms with Gasteiger partial charge >= 0.3 is 0 Å². The van der Waals surface area contributed by atoms with Crippen molar-refractivity contribution in [3.8, 4) is 0 Å². The third-order valence-electron chi connectivity index (χ3n) is 6.17. The quantitative estimate of drug-likeness (QED) is 0.576. The normalized spacial score (nSPS) is 25.8. The minimum absolute atomic E-state index is 0.476. The summed E-state index contributed by atoms with van der Waals surface area (Å²) >= 11 is 1.93. The Morgan fingerprint density at radius 2 is 1.80 bits per heavy atom. The first-order valence-corrected chi connectivity index (χ1v) is 11.3. The number of rotatable bonds is 10. The number of hydrogen-bond donors (Lipinski definition) is 2. The van der Waals surface area contributed by atoms with Crippen LogP contribution in [0.1, 0.15) is 52.0 Å². The average Bonchev–Trinajstić information content (AvgIpc) is 2.60. The van der Waals surface area contributed by atoms with Crippen LogP contribution < -0.4 is 10.6 Å². The van der Waals surface area contributed by atoms with Gasteiger partial charge in [0.25, 0.3) is 0 Å². The maximum atomic E-state index is 3.70. The fourth-order valence-electron chi connectivity index (χ4n) is 4.05. The molecule has 0 aliphatic heterocycles. The van der Waals surface area contributed by atoms with Crippen molar-refractivity contribution >= 4 is 11.8 Å². The first-order chi connectivity index (χ1) is 12.0. The van der Waals surface area contributed by atoms with Gasteiger partial charge in [-0.2, -0.15) is 11.8 Å². The molecule has 1 fully saturated rings. The molecule has 2 atom stereocenters. The fraction of sp³-hybridized carbons (Fsp3) is 0.727. The molecule has 25 heavy (non-hydrogen) atoms. The third-order valence-corrected chi connectivity index (χ3v) is 6.78. The highest BCUT2D eigenvalue weighted by Crippen LogP contribution is 2.49. The summed E-state index contributed by atoms with van der Waals surface area (Å²) in [5.74, 6) is 2.01. The molecule has 0 radical (unpaired) electrons. The van der Waals surface area contributed by atoms with Crippen LogP contribution in [0.25, 0.3) is 0 Å². The molecule has 0 amide bonds. The van der Waals surface area contributed by atoms with Crippen LogP contribution in [0.3, 0.4) is 0 Å². The summed E-state index contributed by atoms with van der Waals surface area (Å²) in [5.41, 5.74) is 2.35. The highest BCUT2D eigenvalue weighted by atomic mass is 32.2. The van der Waals surface area contributed by atoms with Crippen LogP contribution >= 0.6 is 11.8 Å². The summed E-state index contributed by atoms with van der Waals surface area (Å²) in [6.07, 6.45) is 7.56. The van der Waals surface area contributed by atoms with E-state index < -0.39 is 0 Å². The van der Waals surface area contributed by atoms with E-state index in [1.54, 1.807) is 0 Å². The minimum Gasteiger partial charge on any atom is -0.316 e. The van der Waals surface area contributed by atoms with Gasteiger partial charge in [-0.15, -0.1) is 0 Å². The second-order valence-electron chi connectivity index (χ2n) is 8.81. The maximum Gasteiger partial charge on any atom is 0.0205 e. The van der Waals surface area contributed by atoms with Crippen LogP contribution in [0.15, 0.2) is 30.3 Å². The van der Waals surface area contributed by atoms with Crippen molar-refractivity contribution < 1.29 is 0 Å². The van der Waals surface area contributed by atoms with Crippen LogP contribution in [0.5, 0.6) is 0 Å². The summed E-state index contributed by atoms with van der Waals surface area (Å²) in [6, 6.07) is 10.7. The molecule has 0 bridgehead atoms. The van der Waals surface area contributed by atoms with Crippen molar-refractivity contribution in [2.24, 2.45) is 16.7 Å². The van der Waals surface area contributed by atoms with Gasteiger partial charge in [-0.25, -0.2) is 0 Å². The molecule has 0 saturated heterocycles. The predicted molar refractivity (Wildman–Crippen MR) is 113 cm³/mol. The Morgan fingerprint density at radius 1 is 1.04 bits per heavy atom. The van der Waals surface area contributed by atoms with Crippen molar-refractivity contribution in [3.05, 3.63) is 35.9 Å². The SMILES string of the molecule is CSCCNCC1CC(C)(CCNCc2ccccc2)CCC1(C)C. The van der Waals surface area contributed by atoms with E-state index in [9.17, 15) is 0 Å². The van der Waals surface area contributed by atoms with Gasteiger partial charge in [-0.05, 0) is 67.3 Å². The Kier molecular flexibility index (Phi) is 8.31. The molecular formula is C22H38N2S. The van der Waals surface area contributed by atoms with E-state index in [1.165, 1.54) is 43.5 Å². The van der Waals surface area contributed by atoms with Gasteiger partial charge in [0, 0.05) is 18.8 Å². The van der Waals surface area contributed by atoms with Crippen LogP contribution in [0.4, 0.5) is 0 Å². The highest BCUT2D eigenvalue weighted by molar-refractivity contribution is 7.98. The van der Waals surface area contributed by atoms with Crippen molar-refractivity contribution in [2.45, 2.75) is 53.0 Å². The zero-order valence-electron chi connectivity index (χ0n) is 16.7. The molecule has 2 unspecified atom stereocenters. The van der Waals surface area contributed by atoms with Crippen LogP contribution in [0.2, 0.25) is 0 Å². The first-order valence-electron chi connectivity index (χ1n) is 9.89. The van der Waals surface area contributed by atoms with Gasteiger partial charge in [-0.1, -0.05) is 51.1 Å². The number of nitrogens with one attached hydrogen (secondary N) is 2. The van der Waals surface area contributed by atoms with E-state index in [-0.39, 0.29) is 0 Å². The van der Waals surface area contributed by atoms with E-state index in [0.717, 1.165) is 25.6 Å². The summed E-state index contributed by atoms with van der Waals surface area (Å²) in [6.45, 7) is 11.9. The zero-order valence-corrected chi connectivity index (χ0v) is 17.6. The monoisotopic (exact) mass is 362 g/mol. The molecule has 2 N–H and O–H groups in total. The van der Waals surface area contributed by atoms with Crippen LogP contribution in [-0.2, 0) is 6.54 Å². The van der Waals surface area contributed by atoms with Crippen molar-refractivity contribution in [1.82, 2.24) is 10.6 Å². The van der Waals surface area contributed by atoms with Gasteiger partial charge < -0.3 is 10.6 Å². The molecule has 1 aromatic carbocycles. The van der Waals surface area contributed by atoms with E-state index >= 15 is 0 Å². The lowest BCUT2D eigenvalue weighted by atomic mass is 9.59. The van der Waals surface area contributed by atoms with Gasteiger partial charge in [-0.3, -0.25) is 0 Å². The Labute approximate surface area is 159 Å². The molecule has 1 aromatic rings. The highest BCUT2D eigenvalue weighted by Gasteiger charge is 2.41. The Bertz CT molecular complexity index is 488. The van der Waals surface area contributed by atoms with Gasteiger partial charge in [0.1, 0.15) is 0 Å². The lowest BCUT2D eigenvalue weighted by Gasteiger charge is -2.48. The molecule has 1 saturated carbocycles. The number of thioether (sulfide) groups is 1. The Morgan fingerprint density at radius 3 is 2.52 bits per heavy atom. The molecular weight excluding hydrogens is 324 g/mol. The first kappa shape index (κ1) is 20.8. The molecule has 1 aliphatic carbocycles. The van der Waals surface area contributed by atoms with Crippen molar-refractivity contribution in [2.75, 3.05) is 31.6 Å². The fourth-order valence-corrected chi connectivity index (χ4v) is 4.39. The van der Waals surface area contributed by atoms with Crippen LogP contribution in [-0.4, -0.2) is 31.6 Å². The van der Waals surface area contributed by atoms with Crippen molar-refractivity contribution in [3.63, 3.8) is 0 Å². The lowest BCUT2D eigenvalue weighted by molar-refractivity contribution is 0.0392. The molecule has 3 heteroatoms. The van der Waals surface area contributed by atoms with E-state index in [2.05, 4.69) is 68.0 Å². The molecule has 0 heterocycles. The molecule has 0 spiro atoms. The molecule has 2 rings (SSSR count). The second-order valence-corrected chi connectivity index (χ2v) is 9.80. The summed E-state index contributed by atoms with van der Waals surface area (Å²) in [5, 5.41) is 7.35. The number of benzene rings is 1. The Hall–Kier alpha value is -0.510. The average molecular weight is 363 g/mol. The number of hydrogen-bond acceptors (Lipinski definition) is 3. The van der Waals surface area contributed by atoms with Gasteiger partial charge in [0.05, 0.1) is 0 Å². The van der Waals surface area contributed by atoms with Crippen molar-refractivity contribution in [1.29, 1.82) is 0 Å². The lowest BCUT2D eigenvalue weighted by Crippen LogP contribution is -2.43. The molecule has 2 nitrogen and oxygen atoms in total. The summed E-state index contributed by atoms with van der Waals surface area (Å²) in [7, 11) is 0. The zero-order chi connectivity index (χ0) is 18.2. The van der Waals surface area contributed by atoms with E-state index in [0.29, 0.717) is 10.8 Å². The standard InChI is InChI=1S/C22H38N2S/c1-21(2)10-11-22(3,16-20(21)18-24-14-15-25-4)12-13-23-17-19-8-6-5-7-9-19/h5-9,20,23-24H,10-18H2,1-4H3. The van der Waals surface area contributed by atoms with Crippen LogP contribution in [0, 0.1) is 16.7 Å². The topological polar surface area (TPSA) is 24.1 Å². The predicted octanol–water partition coefficient (Wildman–Crippen LogP) is 4.95. The van der Waals surface area contributed by atoms with E-state index in [1.807, 2.05) is 11.8 Å². The molecule has 1 aliphatic rings.